The fourth-order valence-corrected chi connectivity index (χ4v) is 3.63. The Balaban J connectivity index is 0.00000208. The minimum atomic E-state index is -2.88. The lowest BCUT2D eigenvalue weighted by molar-refractivity contribution is -0.0499. The lowest BCUT2D eigenvalue weighted by atomic mass is 9.71. The molecular formula is C17H23ClF2N2O2. The van der Waals surface area contributed by atoms with Crippen LogP contribution in [0.3, 0.4) is 0 Å². The van der Waals surface area contributed by atoms with Gasteiger partial charge in [0.05, 0.1) is 0 Å². The topological polar surface area (TPSA) is 41.6 Å². The highest BCUT2D eigenvalue weighted by Crippen LogP contribution is 2.39. The van der Waals surface area contributed by atoms with E-state index < -0.39 is 6.61 Å². The van der Waals surface area contributed by atoms with Crippen LogP contribution in [-0.2, 0) is 0 Å². The number of ether oxygens (including phenoxy) is 1. The van der Waals surface area contributed by atoms with Crippen molar-refractivity contribution in [2.45, 2.75) is 32.3 Å². The van der Waals surface area contributed by atoms with Crippen molar-refractivity contribution in [3.8, 4) is 5.75 Å². The minimum Gasteiger partial charge on any atom is -0.435 e. The smallest absolute Gasteiger partial charge is 0.387 e. The average Bonchev–Trinajstić information content (AvgIpc) is 2.55. The Hall–Kier alpha value is -1.40. The summed E-state index contributed by atoms with van der Waals surface area (Å²) in [6, 6.07) is 6.05. The summed E-state index contributed by atoms with van der Waals surface area (Å²) in [5, 5.41) is 3.38. The molecule has 1 aromatic rings. The molecule has 134 valence electrons. The van der Waals surface area contributed by atoms with Gasteiger partial charge >= 0.3 is 6.61 Å². The van der Waals surface area contributed by atoms with Crippen molar-refractivity contribution in [3.63, 3.8) is 0 Å². The third-order valence-electron chi connectivity index (χ3n) is 5.08. The van der Waals surface area contributed by atoms with E-state index in [0.29, 0.717) is 11.0 Å². The monoisotopic (exact) mass is 360 g/mol. The number of nitrogens with one attached hydrogen (secondary N) is 1. The maximum Gasteiger partial charge on any atom is 0.387 e. The number of halogens is 3. The predicted molar refractivity (Wildman–Crippen MR) is 90.0 cm³/mol. The van der Waals surface area contributed by atoms with Crippen molar-refractivity contribution in [2.24, 2.45) is 5.41 Å². The quantitative estimate of drug-likeness (QED) is 0.899. The molecule has 0 unspecified atom stereocenters. The summed E-state index contributed by atoms with van der Waals surface area (Å²) < 4.78 is 28.9. The highest BCUT2D eigenvalue weighted by molar-refractivity contribution is 5.94. The summed E-state index contributed by atoms with van der Waals surface area (Å²) in [6.07, 6.45) is 4.39. The normalized spacial score (nSPS) is 19.9. The Morgan fingerprint density at radius 3 is 2.46 bits per heavy atom. The van der Waals surface area contributed by atoms with Crippen LogP contribution in [0.15, 0.2) is 24.3 Å². The molecule has 0 bridgehead atoms. The number of carbonyl (C=O) groups excluding carboxylic acids is 1. The number of piperidine rings is 2. The van der Waals surface area contributed by atoms with Crippen molar-refractivity contribution in [1.29, 1.82) is 0 Å². The number of carbonyl (C=O) groups is 1. The number of nitrogens with zero attached hydrogens (tertiary/aromatic N) is 1. The van der Waals surface area contributed by atoms with Crippen molar-refractivity contribution in [3.05, 3.63) is 29.8 Å². The first-order valence-electron chi connectivity index (χ1n) is 8.13. The Bertz CT molecular complexity index is 555. The van der Waals surface area contributed by atoms with Crippen molar-refractivity contribution in [2.75, 3.05) is 26.2 Å². The predicted octanol–water partition coefficient (Wildman–Crippen LogP) is 3.32. The Morgan fingerprint density at radius 1 is 1.17 bits per heavy atom. The molecule has 0 aliphatic carbocycles. The molecule has 2 fully saturated rings. The van der Waals surface area contributed by atoms with E-state index >= 15 is 0 Å². The van der Waals surface area contributed by atoms with Crippen LogP contribution in [0.1, 0.15) is 36.0 Å². The number of rotatable bonds is 3. The van der Waals surface area contributed by atoms with Gasteiger partial charge in [-0.2, -0.15) is 8.78 Å². The van der Waals surface area contributed by atoms with Gasteiger partial charge in [-0.1, -0.05) is 6.07 Å². The molecule has 0 saturated carbocycles. The zero-order valence-corrected chi connectivity index (χ0v) is 14.3. The number of hydrogen-bond acceptors (Lipinski definition) is 3. The van der Waals surface area contributed by atoms with E-state index in [4.69, 9.17) is 0 Å². The van der Waals surface area contributed by atoms with Gasteiger partial charge in [0.15, 0.2) is 0 Å². The number of alkyl halides is 2. The van der Waals surface area contributed by atoms with Crippen LogP contribution in [0.4, 0.5) is 8.78 Å². The van der Waals surface area contributed by atoms with E-state index in [9.17, 15) is 13.6 Å². The van der Waals surface area contributed by atoms with E-state index in [-0.39, 0.29) is 24.1 Å². The fourth-order valence-electron chi connectivity index (χ4n) is 3.63. The van der Waals surface area contributed by atoms with Gasteiger partial charge in [0, 0.05) is 18.7 Å². The maximum absolute atomic E-state index is 12.6. The number of likely N-dealkylation sites (tertiary alicyclic amines) is 1. The third-order valence-corrected chi connectivity index (χ3v) is 5.08. The van der Waals surface area contributed by atoms with E-state index in [1.807, 2.05) is 4.90 Å². The Morgan fingerprint density at radius 2 is 1.83 bits per heavy atom. The molecule has 0 aromatic heterocycles. The summed E-state index contributed by atoms with van der Waals surface area (Å²) in [7, 11) is 0. The van der Waals surface area contributed by atoms with Gasteiger partial charge in [-0.25, -0.2) is 0 Å². The van der Waals surface area contributed by atoms with Gasteiger partial charge in [-0.3, -0.25) is 4.79 Å². The van der Waals surface area contributed by atoms with Crippen LogP contribution in [0.5, 0.6) is 5.75 Å². The van der Waals surface area contributed by atoms with Crippen LogP contribution >= 0.6 is 12.4 Å². The van der Waals surface area contributed by atoms with Gasteiger partial charge in [-0.15, -0.1) is 12.4 Å². The number of amides is 1. The van der Waals surface area contributed by atoms with E-state index in [1.165, 1.54) is 25.0 Å². The highest BCUT2D eigenvalue weighted by atomic mass is 35.5. The number of hydrogen-bond donors (Lipinski definition) is 1. The molecule has 2 heterocycles. The van der Waals surface area contributed by atoms with Crippen LogP contribution in [-0.4, -0.2) is 43.6 Å². The molecule has 2 aliphatic rings. The van der Waals surface area contributed by atoms with Crippen molar-refractivity contribution < 1.29 is 18.3 Å². The SMILES string of the molecule is Cl.O=C(c1cccc(OC(F)F)c1)N1CCC2(CCNCC2)CC1. The molecule has 4 nitrogen and oxygen atoms in total. The third kappa shape index (κ3) is 4.36. The highest BCUT2D eigenvalue weighted by Gasteiger charge is 2.36. The molecule has 1 amide bonds. The summed E-state index contributed by atoms with van der Waals surface area (Å²) in [5.74, 6) is -0.0776. The second kappa shape index (κ2) is 8.12. The maximum atomic E-state index is 12.6. The van der Waals surface area contributed by atoms with Crippen molar-refractivity contribution in [1.82, 2.24) is 10.2 Å². The molecule has 2 aliphatic heterocycles. The number of benzene rings is 1. The summed E-state index contributed by atoms with van der Waals surface area (Å²) >= 11 is 0. The van der Waals surface area contributed by atoms with E-state index in [1.54, 1.807) is 12.1 Å². The molecule has 0 radical (unpaired) electrons. The molecule has 24 heavy (non-hydrogen) atoms. The van der Waals surface area contributed by atoms with Gasteiger partial charge < -0.3 is 15.0 Å². The molecular weight excluding hydrogens is 338 g/mol. The molecule has 2 saturated heterocycles. The lowest BCUT2D eigenvalue weighted by Gasteiger charge is -2.44. The van der Waals surface area contributed by atoms with Gasteiger partial charge in [0.1, 0.15) is 5.75 Å². The van der Waals surface area contributed by atoms with Crippen molar-refractivity contribution >= 4 is 18.3 Å². The minimum absolute atomic E-state index is 0. The fraction of sp³-hybridized carbons (Fsp3) is 0.588. The van der Waals surface area contributed by atoms with Crippen LogP contribution < -0.4 is 10.1 Å². The Kier molecular flexibility index (Phi) is 6.40. The second-order valence-electron chi connectivity index (χ2n) is 6.45. The first kappa shape index (κ1) is 18.9. The van der Waals surface area contributed by atoms with E-state index in [2.05, 4.69) is 10.1 Å². The van der Waals surface area contributed by atoms with Crippen LogP contribution in [0, 0.1) is 5.41 Å². The summed E-state index contributed by atoms with van der Waals surface area (Å²) in [6.45, 7) is 0.703. The molecule has 1 aromatic carbocycles. The average molecular weight is 361 g/mol. The molecule has 0 atom stereocenters. The summed E-state index contributed by atoms with van der Waals surface area (Å²) in [4.78, 5) is 14.4. The molecule has 1 spiro atoms. The van der Waals surface area contributed by atoms with E-state index in [0.717, 1.165) is 39.0 Å². The molecule has 7 heteroatoms. The zero-order chi connectivity index (χ0) is 16.3. The first-order valence-corrected chi connectivity index (χ1v) is 8.13. The molecule has 1 N–H and O–H groups in total. The van der Waals surface area contributed by atoms with Gasteiger partial charge in [0.2, 0.25) is 0 Å². The Labute approximate surface area is 147 Å². The van der Waals surface area contributed by atoms with Gasteiger partial charge in [-0.05, 0) is 62.4 Å². The van der Waals surface area contributed by atoms with Gasteiger partial charge in [0.25, 0.3) is 5.91 Å². The van der Waals surface area contributed by atoms with Crippen LogP contribution in [0.25, 0.3) is 0 Å². The lowest BCUT2D eigenvalue weighted by Crippen LogP contribution is -2.47. The molecule has 3 rings (SSSR count). The zero-order valence-electron chi connectivity index (χ0n) is 13.5. The largest absolute Gasteiger partial charge is 0.435 e. The van der Waals surface area contributed by atoms with Crippen LogP contribution in [0.2, 0.25) is 0 Å². The second-order valence-corrected chi connectivity index (χ2v) is 6.45. The summed E-state index contributed by atoms with van der Waals surface area (Å²) in [5.41, 5.74) is 0.785. The standard InChI is InChI=1S/C17H22F2N2O2.ClH/c18-16(19)23-14-3-1-2-13(12-14)15(22)21-10-6-17(7-11-21)4-8-20-9-5-17;/h1-3,12,16,20H,4-11H2;1H. The first-order chi connectivity index (χ1) is 11.1.